The van der Waals surface area contributed by atoms with Crippen LogP contribution in [0.4, 0.5) is 0 Å². The summed E-state index contributed by atoms with van der Waals surface area (Å²) in [5.41, 5.74) is 8.61. The molecule has 1 rings (SSSR count). The molecule has 2 N–H and O–H groups in total. The normalized spacial score (nSPS) is 13.1. The maximum atomic E-state index is 5.89. The van der Waals surface area contributed by atoms with Crippen molar-refractivity contribution in [2.24, 2.45) is 5.73 Å². The van der Waals surface area contributed by atoms with E-state index in [1.54, 1.807) is 0 Å². The molecule has 0 spiro atoms. The van der Waals surface area contributed by atoms with E-state index < -0.39 is 0 Å². The summed E-state index contributed by atoms with van der Waals surface area (Å²) in [5, 5.41) is 0. The van der Waals surface area contributed by atoms with Crippen molar-refractivity contribution < 1.29 is 0 Å². The van der Waals surface area contributed by atoms with E-state index in [2.05, 4.69) is 49.9 Å². The maximum Gasteiger partial charge on any atom is 0.0470 e. The molecule has 0 aliphatic carbocycles. The van der Waals surface area contributed by atoms with Crippen LogP contribution < -0.4 is 5.73 Å². The van der Waals surface area contributed by atoms with Gasteiger partial charge in [0.05, 0.1) is 0 Å². The highest BCUT2D eigenvalue weighted by atomic mass is 15.2. The Hall–Kier alpha value is -0.860. The Kier molecular flexibility index (Phi) is 5.50. The lowest BCUT2D eigenvalue weighted by atomic mass is 10.0. The summed E-state index contributed by atoms with van der Waals surface area (Å²) in [6, 6.07) is 9.22. The summed E-state index contributed by atoms with van der Waals surface area (Å²) >= 11 is 0. The Morgan fingerprint density at radius 3 is 2.00 bits per heavy atom. The van der Waals surface area contributed by atoms with Gasteiger partial charge in [-0.2, -0.15) is 0 Å². The van der Waals surface area contributed by atoms with Crippen LogP contribution >= 0.6 is 0 Å². The first-order valence-electron chi connectivity index (χ1n) is 6.29. The molecule has 0 bridgehead atoms. The Morgan fingerprint density at radius 2 is 1.62 bits per heavy atom. The first-order valence-corrected chi connectivity index (χ1v) is 6.29. The van der Waals surface area contributed by atoms with Crippen LogP contribution in [0.25, 0.3) is 0 Å². The SMILES string of the molecule is CCc1ccc([C@@H](CN)N(CC)CC)cc1. The lowest BCUT2D eigenvalue weighted by Crippen LogP contribution is -2.33. The fourth-order valence-corrected chi connectivity index (χ4v) is 2.14. The summed E-state index contributed by atoms with van der Waals surface area (Å²) in [7, 11) is 0. The van der Waals surface area contributed by atoms with E-state index in [-0.39, 0.29) is 0 Å². The minimum Gasteiger partial charge on any atom is -0.329 e. The average molecular weight is 220 g/mol. The molecule has 0 heterocycles. The Bertz CT molecular complexity index is 288. The molecule has 1 aromatic carbocycles. The summed E-state index contributed by atoms with van der Waals surface area (Å²) in [6.45, 7) is 9.34. The van der Waals surface area contributed by atoms with Crippen molar-refractivity contribution in [3.63, 3.8) is 0 Å². The zero-order valence-electron chi connectivity index (χ0n) is 10.7. The van der Waals surface area contributed by atoms with E-state index in [1.165, 1.54) is 11.1 Å². The second-order valence-corrected chi connectivity index (χ2v) is 4.07. The van der Waals surface area contributed by atoms with Gasteiger partial charge in [-0.1, -0.05) is 45.0 Å². The number of nitrogens with zero attached hydrogens (tertiary/aromatic N) is 1. The molecule has 0 fully saturated rings. The topological polar surface area (TPSA) is 29.3 Å². The van der Waals surface area contributed by atoms with Crippen molar-refractivity contribution in [2.75, 3.05) is 19.6 Å². The van der Waals surface area contributed by atoms with Crippen LogP contribution in [0.1, 0.15) is 37.9 Å². The minimum absolute atomic E-state index is 0.362. The molecule has 90 valence electrons. The third-order valence-electron chi connectivity index (χ3n) is 3.25. The molecule has 0 amide bonds. The third kappa shape index (κ3) is 3.06. The number of aryl methyl sites for hydroxylation is 1. The van der Waals surface area contributed by atoms with Crippen molar-refractivity contribution in [1.29, 1.82) is 0 Å². The Labute approximate surface area is 99.5 Å². The minimum atomic E-state index is 0.362. The van der Waals surface area contributed by atoms with Crippen LogP contribution in [0.5, 0.6) is 0 Å². The quantitative estimate of drug-likeness (QED) is 0.798. The van der Waals surface area contributed by atoms with Gasteiger partial charge in [-0.15, -0.1) is 0 Å². The molecule has 0 radical (unpaired) electrons. The first-order chi connectivity index (χ1) is 7.76. The number of likely N-dealkylation sites (N-methyl/N-ethyl adjacent to an activating group) is 1. The van der Waals surface area contributed by atoms with Gasteiger partial charge < -0.3 is 5.73 Å². The second kappa shape index (κ2) is 6.66. The van der Waals surface area contributed by atoms with Gasteiger partial charge in [-0.25, -0.2) is 0 Å². The van der Waals surface area contributed by atoms with E-state index in [0.717, 1.165) is 19.5 Å². The highest BCUT2D eigenvalue weighted by Crippen LogP contribution is 2.19. The van der Waals surface area contributed by atoms with Crippen LogP contribution in [-0.2, 0) is 6.42 Å². The Balaban J connectivity index is 2.85. The molecule has 2 heteroatoms. The van der Waals surface area contributed by atoms with Crippen molar-refractivity contribution in [3.8, 4) is 0 Å². The maximum absolute atomic E-state index is 5.89. The summed E-state index contributed by atoms with van der Waals surface area (Å²) in [4.78, 5) is 2.40. The van der Waals surface area contributed by atoms with E-state index >= 15 is 0 Å². The van der Waals surface area contributed by atoms with Crippen LogP contribution in [0.2, 0.25) is 0 Å². The molecule has 0 saturated heterocycles. The lowest BCUT2D eigenvalue weighted by molar-refractivity contribution is 0.224. The number of hydrogen-bond acceptors (Lipinski definition) is 2. The van der Waals surface area contributed by atoms with Crippen LogP contribution in [0.3, 0.4) is 0 Å². The zero-order valence-corrected chi connectivity index (χ0v) is 10.7. The number of nitrogens with two attached hydrogens (primary N) is 1. The largest absolute Gasteiger partial charge is 0.329 e. The molecule has 1 atom stereocenters. The number of benzene rings is 1. The molecular weight excluding hydrogens is 196 g/mol. The van der Waals surface area contributed by atoms with Crippen LogP contribution in [0.15, 0.2) is 24.3 Å². The zero-order chi connectivity index (χ0) is 12.0. The van der Waals surface area contributed by atoms with Crippen LogP contribution in [0, 0.1) is 0 Å². The average Bonchev–Trinajstić information content (AvgIpc) is 2.36. The van der Waals surface area contributed by atoms with Crippen molar-refractivity contribution in [1.82, 2.24) is 4.90 Å². The van der Waals surface area contributed by atoms with Crippen molar-refractivity contribution in [3.05, 3.63) is 35.4 Å². The fourth-order valence-electron chi connectivity index (χ4n) is 2.14. The molecule has 1 aromatic rings. The van der Waals surface area contributed by atoms with Gasteiger partial charge in [0.25, 0.3) is 0 Å². The Morgan fingerprint density at radius 1 is 1.06 bits per heavy atom. The van der Waals surface area contributed by atoms with Gasteiger partial charge in [0.1, 0.15) is 0 Å². The van der Waals surface area contributed by atoms with Gasteiger partial charge in [0.15, 0.2) is 0 Å². The molecule has 16 heavy (non-hydrogen) atoms. The van der Waals surface area contributed by atoms with Gasteiger partial charge >= 0.3 is 0 Å². The molecule has 0 aromatic heterocycles. The van der Waals surface area contributed by atoms with E-state index in [4.69, 9.17) is 5.73 Å². The smallest absolute Gasteiger partial charge is 0.0470 e. The molecule has 0 aliphatic rings. The molecule has 0 saturated carbocycles. The van der Waals surface area contributed by atoms with E-state index in [1.807, 2.05) is 0 Å². The number of hydrogen-bond donors (Lipinski definition) is 1. The second-order valence-electron chi connectivity index (χ2n) is 4.07. The molecule has 0 aliphatic heterocycles. The van der Waals surface area contributed by atoms with Gasteiger partial charge in [-0.3, -0.25) is 4.90 Å². The third-order valence-corrected chi connectivity index (χ3v) is 3.25. The molecule has 0 unspecified atom stereocenters. The first kappa shape index (κ1) is 13.2. The van der Waals surface area contributed by atoms with Gasteiger partial charge in [-0.05, 0) is 30.6 Å². The monoisotopic (exact) mass is 220 g/mol. The summed E-state index contributed by atoms with van der Waals surface area (Å²) in [6.07, 6.45) is 1.10. The highest BCUT2D eigenvalue weighted by Gasteiger charge is 2.15. The van der Waals surface area contributed by atoms with Gasteiger partial charge in [0, 0.05) is 12.6 Å². The lowest BCUT2D eigenvalue weighted by Gasteiger charge is -2.29. The summed E-state index contributed by atoms with van der Waals surface area (Å²) < 4.78 is 0. The standard InChI is InChI=1S/C14H24N2/c1-4-12-7-9-13(10-8-12)14(11-15)16(5-2)6-3/h7-10,14H,4-6,11,15H2,1-3H3/t14-/m1/s1. The predicted molar refractivity (Wildman–Crippen MR) is 70.5 cm³/mol. The van der Waals surface area contributed by atoms with Crippen LogP contribution in [-0.4, -0.2) is 24.5 Å². The summed E-state index contributed by atoms with van der Waals surface area (Å²) in [5.74, 6) is 0. The van der Waals surface area contributed by atoms with E-state index in [0.29, 0.717) is 12.6 Å². The number of rotatable bonds is 6. The van der Waals surface area contributed by atoms with Gasteiger partial charge in [0.2, 0.25) is 0 Å². The molecule has 2 nitrogen and oxygen atoms in total. The van der Waals surface area contributed by atoms with E-state index in [9.17, 15) is 0 Å². The van der Waals surface area contributed by atoms with Crippen molar-refractivity contribution >= 4 is 0 Å². The molecular formula is C14H24N2. The van der Waals surface area contributed by atoms with Crippen molar-refractivity contribution in [2.45, 2.75) is 33.2 Å². The fraction of sp³-hybridized carbons (Fsp3) is 0.571. The predicted octanol–water partition coefficient (Wildman–Crippen LogP) is 2.59. The highest BCUT2D eigenvalue weighted by molar-refractivity contribution is 5.25.